The summed E-state index contributed by atoms with van der Waals surface area (Å²) in [6.45, 7) is 4.40. The fourth-order valence-corrected chi connectivity index (χ4v) is 2.20. The van der Waals surface area contributed by atoms with Crippen LogP contribution in [0.5, 0.6) is 0 Å². The van der Waals surface area contributed by atoms with Crippen molar-refractivity contribution in [3.63, 3.8) is 0 Å². The molecule has 0 unspecified atom stereocenters. The lowest BCUT2D eigenvalue weighted by Crippen LogP contribution is -2.05. The highest BCUT2D eigenvalue weighted by Crippen LogP contribution is 2.25. The molecule has 0 bridgehead atoms. The normalized spacial score (nSPS) is 10.3. The molecule has 20 heavy (non-hydrogen) atoms. The van der Waals surface area contributed by atoms with Gasteiger partial charge in [-0.3, -0.25) is 4.79 Å². The number of carbonyl (C=O) groups excluding carboxylic acids is 1. The first-order valence-electron chi connectivity index (χ1n) is 7.02. The molecule has 0 aliphatic heterocycles. The van der Waals surface area contributed by atoms with Gasteiger partial charge in [0.05, 0.1) is 0 Å². The third kappa shape index (κ3) is 3.47. The molecule has 0 saturated heterocycles. The van der Waals surface area contributed by atoms with Crippen molar-refractivity contribution in [3.8, 4) is 11.1 Å². The van der Waals surface area contributed by atoms with Crippen molar-refractivity contribution in [2.75, 3.05) is 0 Å². The first-order chi connectivity index (χ1) is 9.72. The Bertz CT molecular complexity index is 573. The fraction of sp³-hybridized carbons (Fsp3) is 0.278. The van der Waals surface area contributed by atoms with Crippen LogP contribution in [0.3, 0.4) is 0 Å². The van der Waals surface area contributed by atoms with Crippen LogP contribution < -0.4 is 0 Å². The van der Waals surface area contributed by atoms with Crippen LogP contribution in [0.15, 0.2) is 48.5 Å². The van der Waals surface area contributed by atoms with Gasteiger partial charge in [-0.25, -0.2) is 0 Å². The molecule has 2 aromatic carbocycles. The van der Waals surface area contributed by atoms with Crippen LogP contribution in [0.25, 0.3) is 11.1 Å². The third-order valence-electron chi connectivity index (χ3n) is 3.37. The summed E-state index contributed by atoms with van der Waals surface area (Å²) in [7, 11) is 0. The molecule has 2 nitrogen and oxygen atoms in total. The standard InChI is InChI=1S/C18H20O2/c1-3-8-18(19)20-13-16-11-7-12-17(14(16)2)15-9-5-4-6-10-15/h4-7,9-12H,3,8,13H2,1-2H3. The summed E-state index contributed by atoms with van der Waals surface area (Å²) in [4.78, 5) is 11.5. The van der Waals surface area contributed by atoms with Crippen molar-refractivity contribution < 1.29 is 9.53 Å². The summed E-state index contributed by atoms with van der Waals surface area (Å²) in [5.41, 5.74) is 4.61. The average Bonchev–Trinajstić information content (AvgIpc) is 2.47. The Labute approximate surface area is 120 Å². The number of rotatable bonds is 5. The Kier molecular flexibility index (Phi) is 4.94. The maximum absolute atomic E-state index is 11.5. The van der Waals surface area contributed by atoms with Crippen molar-refractivity contribution in [3.05, 3.63) is 59.7 Å². The zero-order chi connectivity index (χ0) is 14.4. The van der Waals surface area contributed by atoms with Crippen molar-refractivity contribution in [1.29, 1.82) is 0 Å². The van der Waals surface area contributed by atoms with Gasteiger partial charge in [0.25, 0.3) is 0 Å². The quantitative estimate of drug-likeness (QED) is 0.746. The van der Waals surface area contributed by atoms with E-state index >= 15 is 0 Å². The van der Waals surface area contributed by atoms with E-state index in [1.165, 1.54) is 16.7 Å². The van der Waals surface area contributed by atoms with Gasteiger partial charge in [0.2, 0.25) is 0 Å². The van der Waals surface area contributed by atoms with Crippen LogP contribution in [0.4, 0.5) is 0 Å². The highest BCUT2D eigenvalue weighted by Gasteiger charge is 2.08. The van der Waals surface area contributed by atoms with Crippen molar-refractivity contribution in [2.24, 2.45) is 0 Å². The summed E-state index contributed by atoms with van der Waals surface area (Å²) in [5, 5.41) is 0. The van der Waals surface area contributed by atoms with Gasteiger partial charge < -0.3 is 4.74 Å². The number of esters is 1. The van der Waals surface area contributed by atoms with E-state index in [2.05, 4.69) is 25.1 Å². The molecule has 0 saturated carbocycles. The van der Waals surface area contributed by atoms with Gasteiger partial charge in [0.1, 0.15) is 6.61 Å². The summed E-state index contributed by atoms with van der Waals surface area (Å²) >= 11 is 0. The van der Waals surface area contributed by atoms with Crippen LogP contribution in [0.1, 0.15) is 30.9 Å². The molecule has 0 spiro atoms. The predicted octanol–water partition coefficient (Wildman–Crippen LogP) is 4.51. The van der Waals surface area contributed by atoms with E-state index < -0.39 is 0 Å². The second-order valence-corrected chi connectivity index (χ2v) is 4.87. The van der Waals surface area contributed by atoms with Crippen LogP contribution in [0, 0.1) is 6.92 Å². The van der Waals surface area contributed by atoms with Gasteiger partial charge in [0.15, 0.2) is 0 Å². The molecule has 0 heterocycles. The van der Waals surface area contributed by atoms with E-state index in [4.69, 9.17) is 4.74 Å². The van der Waals surface area contributed by atoms with E-state index in [1.54, 1.807) is 0 Å². The largest absolute Gasteiger partial charge is 0.461 e. The van der Waals surface area contributed by atoms with Gasteiger partial charge in [0, 0.05) is 6.42 Å². The zero-order valence-corrected chi connectivity index (χ0v) is 12.1. The first-order valence-corrected chi connectivity index (χ1v) is 7.02. The maximum atomic E-state index is 11.5. The second kappa shape index (κ2) is 6.90. The smallest absolute Gasteiger partial charge is 0.306 e. The molecule has 2 heteroatoms. The summed E-state index contributed by atoms with van der Waals surface area (Å²) in [6.07, 6.45) is 1.30. The Balaban J connectivity index is 2.18. The fourth-order valence-electron chi connectivity index (χ4n) is 2.20. The lowest BCUT2D eigenvalue weighted by Gasteiger charge is -2.12. The minimum atomic E-state index is -0.128. The molecule has 0 amide bonds. The number of carbonyl (C=O) groups is 1. The number of ether oxygens (including phenoxy) is 1. The molecule has 2 aromatic rings. The maximum Gasteiger partial charge on any atom is 0.306 e. The molecule has 0 radical (unpaired) electrons. The topological polar surface area (TPSA) is 26.3 Å². The van der Waals surface area contributed by atoms with E-state index in [-0.39, 0.29) is 5.97 Å². The lowest BCUT2D eigenvalue weighted by atomic mass is 9.97. The molecular formula is C18H20O2. The molecule has 0 atom stereocenters. The van der Waals surface area contributed by atoms with E-state index in [9.17, 15) is 4.79 Å². The van der Waals surface area contributed by atoms with Crippen LogP contribution in [0.2, 0.25) is 0 Å². The number of hydrogen-bond acceptors (Lipinski definition) is 2. The minimum Gasteiger partial charge on any atom is -0.461 e. The molecule has 104 valence electrons. The van der Waals surface area contributed by atoms with Crippen LogP contribution in [-0.2, 0) is 16.1 Å². The highest BCUT2D eigenvalue weighted by molar-refractivity contribution is 5.70. The molecule has 0 aliphatic rings. The van der Waals surface area contributed by atoms with E-state index in [0.717, 1.165) is 12.0 Å². The summed E-state index contributed by atoms with van der Waals surface area (Å²) in [6, 6.07) is 16.4. The van der Waals surface area contributed by atoms with Gasteiger partial charge in [-0.05, 0) is 35.6 Å². The van der Waals surface area contributed by atoms with Gasteiger partial charge in [-0.2, -0.15) is 0 Å². The SMILES string of the molecule is CCCC(=O)OCc1cccc(-c2ccccc2)c1C. The predicted molar refractivity (Wildman–Crippen MR) is 81.3 cm³/mol. The lowest BCUT2D eigenvalue weighted by molar-refractivity contribution is -0.145. The average molecular weight is 268 g/mol. The zero-order valence-electron chi connectivity index (χ0n) is 12.1. The van der Waals surface area contributed by atoms with Gasteiger partial charge >= 0.3 is 5.97 Å². The van der Waals surface area contributed by atoms with E-state index in [1.807, 2.05) is 37.3 Å². The molecular weight excluding hydrogens is 248 g/mol. The van der Waals surface area contributed by atoms with Crippen LogP contribution in [-0.4, -0.2) is 5.97 Å². The highest BCUT2D eigenvalue weighted by atomic mass is 16.5. The number of hydrogen-bond donors (Lipinski definition) is 0. The van der Waals surface area contributed by atoms with Crippen molar-refractivity contribution >= 4 is 5.97 Å². The van der Waals surface area contributed by atoms with Gasteiger partial charge in [-0.1, -0.05) is 55.5 Å². The molecule has 0 N–H and O–H groups in total. The Morgan fingerprint density at radius 1 is 1.05 bits per heavy atom. The Morgan fingerprint density at radius 3 is 2.50 bits per heavy atom. The van der Waals surface area contributed by atoms with Crippen molar-refractivity contribution in [1.82, 2.24) is 0 Å². The molecule has 0 fully saturated rings. The number of benzene rings is 2. The molecule has 0 aliphatic carbocycles. The third-order valence-corrected chi connectivity index (χ3v) is 3.37. The molecule has 2 rings (SSSR count). The van der Waals surface area contributed by atoms with Gasteiger partial charge in [-0.15, -0.1) is 0 Å². The minimum absolute atomic E-state index is 0.128. The van der Waals surface area contributed by atoms with Crippen LogP contribution >= 0.6 is 0 Å². The second-order valence-electron chi connectivity index (χ2n) is 4.87. The first kappa shape index (κ1) is 14.3. The monoisotopic (exact) mass is 268 g/mol. The Hall–Kier alpha value is -2.09. The molecule has 0 aromatic heterocycles. The van der Waals surface area contributed by atoms with Crippen molar-refractivity contribution in [2.45, 2.75) is 33.3 Å². The summed E-state index contributed by atoms with van der Waals surface area (Å²) in [5.74, 6) is -0.128. The summed E-state index contributed by atoms with van der Waals surface area (Å²) < 4.78 is 5.30. The Morgan fingerprint density at radius 2 is 1.80 bits per heavy atom. The van der Waals surface area contributed by atoms with E-state index in [0.29, 0.717) is 13.0 Å².